The van der Waals surface area contributed by atoms with E-state index in [4.69, 9.17) is 17.3 Å². The maximum absolute atomic E-state index is 12.0. The molecule has 4 heteroatoms. The van der Waals surface area contributed by atoms with Crippen molar-refractivity contribution in [3.8, 4) is 0 Å². The molecule has 0 radical (unpaired) electrons. The zero-order chi connectivity index (χ0) is 8.27. The number of nitrogens with two attached hydrogens (primary N) is 1. The van der Waals surface area contributed by atoms with Crippen LogP contribution in [0.1, 0.15) is 11.6 Å². The van der Waals surface area contributed by atoms with Gasteiger partial charge in [0.1, 0.15) is 6.67 Å². The summed E-state index contributed by atoms with van der Waals surface area (Å²) in [6.07, 6.45) is 2.99. The Morgan fingerprint density at radius 3 is 3.00 bits per heavy atom. The molecule has 0 aliphatic heterocycles. The molecule has 11 heavy (non-hydrogen) atoms. The van der Waals surface area contributed by atoms with Gasteiger partial charge in [-0.1, -0.05) is 11.6 Å². The van der Waals surface area contributed by atoms with Gasteiger partial charge in [0.05, 0.1) is 11.1 Å². The lowest BCUT2D eigenvalue weighted by Gasteiger charge is -2.07. The van der Waals surface area contributed by atoms with E-state index in [1.807, 2.05) is 0 Å². The van der Waals surface area contributed by atoms with Gasteiger partial charge in [-0.05, 0) is 11.6 Å². The van der Waals surface area contributed by atoms with Crippen LogP contribution in [-0.2, 0) is 0 Å². The van der Waals surface area contributed by atoms with Crippen LogP contribution in [0.4, 0.5) is 4.39 Å². The summed E-state index contributed by atoms with van der Waals surface area (Å²) in [7, 11) is 0. The maximum atomic E-state index is 12.0. The Balaban J connectivity index is 2.93. The fourth-order valence-corrected chi connectivity index (χ4v) is 1.03. The van der Waals surface area contributed by atoms with Gasteiger partial charge in [0.25, 0.3) is 0 Å². The minimum atomic E-state index is -0.634. The highest BCUT2D eigenvalue weighted by Crippen LogP contribution is 2.19. The molecule has 1 heterocycles. The van der Waals surface area contributed by atoms with Crippen molar-refractivity contribution in [2.45, 2.75) is 6.04 Å². The molecule has 0 saturated carbocycles. The Kier molecular flexibility index (Phi) is 2.79. The Morgan fingerprint density at radius 1 is 1.73 bits per heavy atom. The van der Waals surface area contributed by atoms with E-state index in [1.54, 1.807) is 6.07 Å². The van der Waals surface area contributed by atoms with Crippen molar-refractivity contribution in [2.24, 2.45) is 5.73 Å². The number of hydrogen-bond donors (Lipinski definition) is 1. The largest absolute Gasteiger partial charge is 0.322 e. The molecule has 0 amide bonds. The number of alkyl halides is 1. The highest BCUT2D eigenvalue weighted by molar-refractivity contribution is 6.31. The van der Waals surface area contributed by atoms with E-state index in [1.165, 1.54) is 12.4 Å². The second-order valence-corrected chi connectivity index (χ2v) is 2.57. The molecule has 2 N–H and O–H groups in total. The lowest BCUT2D eigenvalue weighted by Crippen LogP contribution is -2.12. The highest BCUT2D eigenvalue weighted by Gasteiger charge is 2.08. The van der Waals surface area contributed by atoms with E-state index >= 15 is 0 Å². The number of pyridine rings is 1. The molecule has 1 aromatic heterocycles. The summed E-state index contributed by atoms with van der Waals surface area (Å²) in [4.78, 5) is 3.75. The topological polar surface area (TPSA) is 38.9 Å². The molecule has 0 aromatic carbocycles. The second kappa shape index (κ2) is 3.64. The van der Waals surface area contributed by atoms with Crippen LogP contribution in [-0.4, -0.2) is 11.7 Å². The minimum absolute atomic E-state index is 0.414. The Labute approximate surface area is 69.2 Å². The molecule has 0 aliphatic carbocycles. The maximum Gasteiger partial charge on any atom is 0.109 e. The predicted molar refractivity (Wildman–Crippen MR) is 42.2 cm³/mol. The van der Waals surface area contributed by atoms with Crippen molar-refractivity contribution >= 4 is 11.6 Å². The van der Waals surface area contributed by atoms with Gasteiger partial charge in [-0.3, -0.25) is 4.98 Å². The third kappa shape index (κ3) is 1.88. The number of nitrogens with zero attached hydrogens (tertiary/aromatic N) is 1. The van der Waals surface area contributed by atoms with Gasteiger partial charge in [-0.15, -0.1) is 0 Å². The molecule has 1 rings (SSSR count). The van der Waals surface area contributed by atoms with Gasteiger partial charge in [0.2, 0.25) is 0 Å². The Hall–Kier alpha value is -0.670. The van der Waals surface area contributed by atoms with Crippen LogP contribution < -0.4 is 5.73 Å². The quantitative estimate of drug-likeness (QED) is 0.742. The van der Waals surface area contributed by atoms with Crippen LogP contribution in [0.5, 0.6) is 0 Å². The molecule has 0 unspecified atom stereocenters. The van der Waals surface area contributed by atoms with Crippen LogP contribution in [0, 0.1) is 0 Å². The fraction of sp³-hybridized carbons (Fsp3) is 0.286. The van der Waals surface area contributed by atoms with Crippen molar-refractivity contribution in [3.05, 3.63) is 29.0 Å². The highest BCUT2D eigenvalue weighted by atomic mass is 35.5. The molecular formula is C7H8ClFN2. The first-order valence-electron chi connectivity index (χ1n) is 3.16. The monoisotopic (exact) mass is 174 g/mol. The van der Waals surface area contributed by atoms with E-state index in [-0.39, 0.29) is 0 Å². The average molecular weight is 175 g/mol. The second-order valence-electron chi connectivity index (χ2n) is 2.16. The zero-order valence-corrected chi connectivity index (χ0v) is 6.55. The number of aromatic nitrogens is 1. The SMILES string of the molecule is N[C@@H](CF)c1ccncc1Cl. The number of rotatable bonds is 2. The van der Waals surface area contributed by atoms with Gasteiger partial charge in [0, 0.05) is 12.4 Å². The van der Waals surface area contributed by atoms with Crippen LogP contribution in [0.15, 0.2) is 18.5 Å². The van der Waals surface area contributed by atoms with Crippen molar-refractivity contribution in [3.63, 3.8) is 0 Å². The first kappa shape index (κ1) is 8.43. The summed E-state index contributed by atoms with van der Waals surface area (Å²) >= 11 is 5.69. The molecule has 1 atom stereocenters. The summed E-state index contributed by atoms with van der Waals surface area (Å²) in [6.45, 7) is -0.607. The van der Waals surface area contributed by atoms with E-state index in [9.17, 15) is 4.39 Å². The molecule has 1 aromatic rings. The van der Waals surface area contributed by atoms with Gasteiger partial charge in [0.15, 0.2) is 0 Å². The van der Waals surface area contributed by atoms with Crippen molar-refractivity contribution in [1.82, 2.24) is 4.98 Å². The lowest BCUT2D eigenvalue weighted by molar-refractivity contribution is 0.437. The van der Waals surface area contributed by atoms with E-state index in [2.05, 4.69) is 4.98 Å². The minimum Gasteiger partial charge on any atom is -0.322 e. The van der Waals surface area contributed by atoms with Gasteiger partial charge in [-0.2, -0.15) is 0 Å². The lowest BCUT2D eigenvalue weighted by atomic mass is 10.1. The van der Waals surface area contributed by atoms with E-state index < -0.39 is 12.7 Å². The Morgan fingerprint density at radius 2 is 2.45 bits per heavy atom. The average Bonchev–Trinajstić information content (AvgIpc) is 2.04. The molecule has 0 fully saturated rings. The normalized spacial score (nSPS) is 13.0. The third-order valence-electron chi connectivity index (χ3n) is 1.37. The van der Waals surface area contributed by atoms with E-state index in [0.29, 0.717) is 10.6 Å². The standard InChI is InChI=1S/C7H8ClFN2/c8-6-4-11-2-1-5(6)7(10)3-9/h1-2,4,7H,3,10H2/t7-/m0/s1. The molecule has 60 valence electrons. The zero-order valence-electron chi connectivity index (χ0n) is 5.80. The van der Waals surface area contributed by atoms with Crippen LogP contribution in [0.2, 0.25) is 5.02 Å². The van der Waals surface area contributed by atoms with E-state index in [0.717, 1.165) is 0 Å². The first-order valence-corrected chi connectivity index (χ1v) is 3.54. The summed E-state index contributed by atoms with van der Waals surface area (Å²) in [5, 5.41) is 0.414. The van der Waals surface area contributed by atoms with Gasteiger partial charge < -0.3 is 5.73 Å². The van der Waals surface area contributed by atoms with Crippen molar-refractivity contribution in [1.29, 1.82) is 0 Å². The molecule has 0 spiro atoms. The molecule has 0 bridgehead atoms. The summed E-state index contributed by atoms with van der Waals surface area (Å²) in [5.41, 5.74) is 6.01. The number of hydrogen-bond acceptors (Lipinski definition) is 2. The van der Waals surface area contributed by atoms with Crippen LogP contribution in [0.3, 0.4) is 0 Å². The third-order valence-corrected chi connectivity index (χ3v) is 1.69. The molecular weight excluding hydrogens is 167 g/mol. The first-order chi connectivity index (χ1) is 5.25. The predicted octanol–water partition coefficient (Wildman–Crippen LogP) is 1.70. The summed E-state index contributed by atoms with van der Waals surface area (Å²) in [6, 6.07) is 0.984. The molecule has 0 saturated heterocycles. The molecule has 2 nitrogen and oxygen atoms in total. The summed E-state index contributed by atoms with van der Waals surface area (Å²) in [5.74, 6) is 0. The fourth-order valence-electron chi connectivity index (χ4n) is 0.770. The number of halogens is 2. The van der Waals surface area contributed by atoms with Crippen molar-refractivity contribution < 1.29 is 4.39 Å². The summed E-state index contributed by atoms with van der Waals surface area (Å²) < 4.78 is 12.0. The van der Waals surface area contributed by atoms with Crippen molar-refractivity contribution in [2.75, 3.05) is 6.67 Å². The van der Waals surface area contributed by atoms with Gasteiger partial charge in [-0.25, -0.2) is 4.39 Å². The van der Waals surface area contributed by atoms with Crippen LogP contribution >= 0.6 is 11.6 Å². The van der Waals surface area contributed by atoms with Gasteiger partial charge >= 0.3 is 0 Å². The van der Waals surface area contributed by atoms with Crippen LogP contribution in [0.25, 0.3) is 0 Å². The molecule has 0 aliphatic rings. The smallest absolute Gasteiger partial charge is 0.109 e. The Bertz CT molecular complexity index is 242.